The van der Waals surface area contributed by atoms with Crippen LogP contribution < -0.4 is 5.73 Å². The standard InChI is InChI=1S/C17H28N2O/c1-5-12-19(16(20)10-11-17(3,4)18)13-15-8-6-14(2)7-9-15/h6-9H,5,10-13,18H2,1-4H3. The molecule has 3 heteroatoms. The summed E-state index contributed by atoms with van der Waals surface area (Å²) in [6, 6.07) is 8.37. The molecule has 3 nitrogen and oxygen atoms in total. The van der Waals surface area contributed by atoms with E-state index in [0.29, 0.717) is 13.0 Å². The van der Waals surface area contributed by atoms with E-state index in [-0.39, 0.29) is 11.4 Å². The second-order valence-electron chi connectivity index (χ2n) is 6.29. The normalized spacial score (nSPS) is 11.4. The highest BCUT2D eigenvalue weighted by Crippen LogP contribution is 2.13. The molecule has 0 aliphatic heterocycles. The molecule has 0 radical (unpaired) electrons. The number of nitrogens with zero attached hydrogens (tertiary/aromatic N) is 1. The zero-order valence-electron chi connectivity index (χ0n) is 13.3. The van der Waals surface area contributed by atoms with Crippen LogP contribution in [0.3, 0.4) is 0 Å². The number of rotatable bonds is 7. The quantitative estimate of drug-likeness (QED) is 0.831. The number of hydrogen-bond donors (Lipinski definition) is 1. The number of carbonyl (C=O) groups is 1. The molecule has 0 atom stereocenters. The van der Waals surface area contributed by atoms with Gasteiger partial charge in [0.05, 0.1) is 0 Å². The third-order valence-corrected chi connectivity index (χ3v) is 3.32. The van der Waals surface area contributed by atoms with Crippen LogP contribution in [0, 0.1) is 6.92 Å². The molecule has 2 N–H and O–H groups in total. The van der Waals surface area contributed by atoms with E-state index < -0.39 is 0 Å². The summed E-state index contributed by atoms with van der Waals surface area (Å²) < 4.78 is 0. The Balaban J connectivity index is 2.63. The van der Waals surface area contributed by atoms with E-state index in [2.05, 4.69) is 38.1 Å². The van der Waals surface area contributed by atoms with Gasteiger partial charge in [0.25, 0.3) is 0 Å². The first-order chi connectivity index (χ1) is 9.31. The van der Waals surface area contributed by atoms with Gasteiger partial charge in [0.2, 0.25) is 5.91 Å². The van der Waals surface area contributed by atoms with Crippen molar-refractivity contribution in [2.24, 2.45) is 5.73 Å². The number of aryl methyl sites for hydroxylation is 1. The molecule has 0 aromatic heterocycles. The molecule has 0 fully saturated rings. The van der Waals surface area contributed by atoms with E-state index in [1.807, 2.05) is 18.7 Å². The van der Waals surface area contributed by atoms with E-state index in [0.717, 1.165) is 19.4 Å². The van der Waals surface area contributed by atoms with Gasteiger partial charge >= 0.3 is 0 Å². The highest BCUT2D eigenvalue weighted by molar-refractivity contribution is 5.76. The second-order valence-corrected chi connectivity index (χ2v) is 6.29. The molecule has 0 aliphatic rings. The molecule has 20 heavy (non-hydrogen) atoms. The van der Waals surface area contributed by atoms with Gasteiger partial charge in [-0.15, -0.1) is 0 Å². The molecule has 0 heterocycles. The van der Waals surface area contributed by atoms with Gasteiger partial charge < -0.3 is 10.6 Å². The molecular formula is C17H28N2O. The first-order valence-electron chi connectivity index (χ1n) is 7.44. The fraction of sp³-hybridized carbons (Fsp3) is 0.588. The predicted octanol–water partition coefficient (Wildman–Crippen LogP) is 3.25. The minimum absolute atomic E-state index is 0.200. The van der Waals surface area contributed by atoms with E-state index in [4.69, 9.17) is 5.73 Å². The van der Waals surface area contributed by atoms with E-state index >= 15 is 0 Å². The summed E-state index contributed by atoms with van der Waals surface area (Å²) in [4.78, 5) is 14.3. The minimum Gasteiger partial charge on any atom is -0.338 e. The average molecular weight is 276 g/mol. The Morgan fingerprint density at radius 3 is 2.35 bits per heavy atom. The summed E-state index contributed by atoms with van der Waals surface area (Å²) in [5.41, 5.74) is 8.10. The second kappa shape index (κ2) is 7.44. The van der Waals surface area contributed by atoms with Crippen LogP contribution in [0.15, 0.2) is 24.3 Å². The van der Waals surface area contributed by atoms with Gasteiger partial charge in [-0.2, -0.15) is 0 Å². The Hall–Kier alpha value is -1.35. The van der Waals surface area contributed by atoms with E-state index in [1.165, 1.54) is 11.1 Å². The molecular weight excluding hydrogens is 248 g/mol. The summed E-state index contributed by atoms with van der Waals surface area (Å²) in [6.45, 7) is 9.59. The van der Waals surface area contributed by atoms with Crippen molar-refractivity contribution in [3.05, 3.63) is 35.4 Å². The summed E-state index contributed by atoms with van der Waals surface area (Å²) in [6.07, 6.45) is 2.22. The summed E-state index contributed by atoms with van der Waals surface area (Å²) in [7, 11) is 0. The lowest BCUT2D eigenvalue weighted by molar-refractivity contribution is -0.132. The molecule has 0 saturated heterocycles. The molecule has 1 rings (SSSR count). The van der Waals surface area contributed by atoms with Crippen LogP contribution in [0.4, 0.5) is 0 Å². The third kappa shape index (κ3) is 6.20. The highest BCUT2D eigenvalue weighted by atomic mass is 16.2. The maximum atomic E-state index is 12.3. The zero-order valence-corrected chi connectivity index (χ0v) is 13.3. The van der Waals surface area contributed by atoms with Crippen LogP contribution in [0.1, 0.15) is 51.2 Å². The van der Waals surface area contributed by atoms with Crippen molar-refractivity contribution >= 4 is 5.91 Å². The predicted molar refractivity (Wildman–Crippen MR) is 84.4 cm³/mol. The fourth-order valence-electron chi connectivity index (χ4n) is 2.06. The van der Waals surface area contributed by atoms with Crippen molar-refractivity contribution in [3.8, 4) is 0 Å². The van der Waals surface area contributed by atoms with Crippen LogP contribution in [-0.4, -0.2) is 22.9 Å². The van der Waals surface area contributed by atoms with Gasteiger partial charge in [0, 0.05) is 25.0 Å². The Bertz CT molecular complexity index is 418. The lowest BCUT2D eigenvalue weighted by atomic mass is 9.99. The van der Waals surface area contributed by atoms with Crippen LogP contribution >= 0.6 is 0 Å². The van der Waals surface area contributed by atoms with E-state index in [9.17, 15) is 4.79 Å². The van der Waals surface area contributed by atoms with Gasteiger partial charge in [0.1, 0.15) is 0 Å². The summed E-state index contributed by atoms with van der Waals surface area (Å²) in [5, 5.41) is 0. The molecule has 0 aliphatic carbocycles. The Morgan fingerprint density at radius 1 is 1.25 bits per heavy atom. The minimum atomic E-state index is -0.280. The Kier molecular flexibility index (Phi) is 6.21. The first-order valence-corrected chi connectivity index (χ1v) is 7.44. The van der Waals surface area contributed by atoms with Crippen molar-refractivity contribution in [2.75, 3.05) is 6.54 Å². The lowest BCUT2D eigenvalue weighted by Crippen LogP contribution is -2.36. The molecule has 1 amide bonds. The number of benzene rings is 1. The molecule has 1 aromatic carbocycles. The SMILES string of the molecule is CCCN(Cc1ccc(C)cc1)C(=O)CCC(C)(C)N. The topological polar surface area (TPSA) is 46.3 Å². The average Bonchev–Trinajstić information content (AvgIpc) is 2.37. The Morgan fingerprint density at radius 2 is 1.85 bits per heavy atom. The van der Waals surface area contributed by atoms with Crippen molar-refractivity contribution in [3.63, 3.8) is 0 Å². The smallest absolute Gasteiger partial charge is 0.222 e. The van der Waals surface area contributed by atoms with E-state index in [1.54, 1.807) is 0 Å². The largest absolute Gasteiger partial charge is 0.338 e. The van der Waals surface area contributed by atoms with Gasteiger partial charge in [-0.05, 0) is 39.2 Å². The monoisotopic (exact) mass is 276 g/mol. The molecule has 0 saturated carbocycles. The van der Waals surface area contributed by atoms with Crippen molar-refractivity contribution in [1.82, 2.24) is 4.90 Å². The van der Waals surface area contributed by atoms with Gasteiger partial charge in [-0.1, -0.05) is 36.8 Å². The fourth-order valence-corrected chi connectivity index (χ4v) is 2.06. The molecule has 0 unspecified atom stereocenters. The lowest BCUT2D eigenvalue weighted by Gasteiger charge is -2.25. The number of amides is 1. The third-order valence-electron chi connectivity index (χ3n) is 3.32. The zero-order chi connectivity index (χ0) is 15.2. The van der Waals surface area contributed by atoms with Gasteiger partial charge in [-0.25, -0.2) is 0 Å². The Labute approximate surface area is 123 Å². The maximum Gasteiger partial charge on any atom is 0.222 e. The number of nitrogens with two attached hydrogens (primary N) is 1. The first kappa shape index (κ1) is 16.7. The van der Waals surface area contributed by atoms with Crippen LogP contribution in [-0.2, 0) is 11.3 Å². The number of carbonyl (C=O) groups excluding carboxylic acids is 1. The summed E-state index contributed by atoms with van der Waals surface area (Å²) >= 11 is 0. The van der Waals surface area contributed by atoms with Crippen molar-refractivity contribution in [2.45, 2.75) is 59.0 Å². The van der Waals surface area contributed by atoms with Crippen LogP contribution in [0.25, 0.3) is 0 Å². The molecule has 1 aromatic rings. The molecule has 0 bridgehead atoms. The van der Waals surface area contributed by atoms with Crippen LogP contribution in [0.2, 0.25) is 0 Å². The maximum absolute atomic E-state index is 12.3. The number of hydrogen-bond acceptors (Lipinski definition) is 2. The van der Waals surface area contributed by atoms with Gasteiger partial charge in [0.15, 0.2) is 0 Å². The van der Waals surface area contributed by atoms with Crippen molar-refractivity contribution < 1.29 is 4.79 Å². The van der Waals surface area contributed by atoms with Crippen molar-refractivity contribution in [1.29, 1.82) is 0 Å². The van der Waals surface area contributed by atoms with Gasteiger partial charge in [-0.3, -0.25) is 4.79 Å². The molecule has 0 spiro atoms. The highest BCUT2D eigenvalue weighted by Gasteiger charge is 2.17. The summed E-state index contributed by atoms with van der Waals surface area (Å²) in [5.74, 6) is 0.200. The van der Waals surface area contributed by atoms with Crippen LogP contribution in [0.5, 0.6) is 0 Å². The molecule has 112 valence electrons.